The maximum atomic E-state index is 12.6. The molecule has 0 bridgehead atoms. The number of aliphatic carboxylic acids is 1. The van der Waals surface area contributed by atoms with Gasteiger partial charge in [0.1, 0.15) is 12.1 Å². The largest absolute Gasteiger partial charge is 0.499 e. The maximum absolute atomic E-state index is 12.6. The minimum Gasteiger partial charge on any atom is -0.499 e. The number of amides is 1. The second kappa shape index (κ2) is 7.56. The van der Waals surface area contributed by atoms with Crippen LogP contribution in [0.4, 0.5) is 0 Å². The molecule has 3 aromatic rings. The van der Waals surface area contributed by atoms with Crippen LogP contribution in [0.3, 0.4) is 0 Å². The van der Waals surface area contributed by atoms with Crippen LogP contribution in [0.1, 0.15) is 10.4 Å². The van der Waals surface area contributed by atoms with Gasteiger partial charge in [0.25, 0.3) is 5.91 Å². The first kappa shape index (κ1) is 19.2. The molecule has 0 aliphatic rings. The summed E-state index contributed by atoms with van der Waals surface area (Å²) in [4.78, 5) is 35.2. The highest BCUT2D eigenvalue weighted by Gasteiger charge is 2.20. The second-order valence-electron chi connectivity index (χ2n) is 5.56. The van der Waals surface area contributed by atoms with Gasteiger partial charge >= 0.3 is 5.97 Å². The molecule has 27 heavy (non-hydrogen) atoms. The summed E-state index contributed by atoms with van der Waals surface area (Å²) in [6.45, 7) is -0.658. The van der Waals surface area contributed by atoms with E-state index in [1.54, 1.807) is 30.3 Å². The predicted octanol–water partition coefficient (Wildman–Crippen LogP) is 3.76. The van der Waals surface area contributed by atoms with Gasteiger partial charge in [-0.3, -0.25) is 14.4 Å². The number of fused-ring (bicyclic) bond motifs is 1. The molecule has 0 fully saturated rings. The number of carbonyl (C=O) groups is 2. The van der Waals surface area contributed by atoms with Gasteiger partial charge in [-0.15, -0.1) is 0 Å². The van der Waals surface area contributed by atoms with Crippen molar-refractivity contribution in [2.24, 2.45) is 0 Å². The lowest BCUT2D eigenvalue weighted by Crippen LogP contribution is -2.32. The van der Waals surface area contributed by atoms with Gasteiger partial charge in [0, 0.05) is 20.1 Å². The van der Waals surface area contributed by atoms with Gasteiger partial charge in [-0.2, -0.15) is 0 Å². The van der Waals surface area contributed by atoms with Crippen molar-refractivity contribution >= 4 is 56.5 Å². The molecule has 1 amide bonds. The van der Waals surface area contributed by atoms with Gasteiger partial charge < -0.3 is 15.5 Å². The average Bonchev–Trinajstić information content (AvgIpc) is 2.58. The molecule has 0 saturated heterocycles. The zero-order chi connectivity index (χ0) is 19.7. The summed E-state index contributed by atoms with van der Waals surface area (Å²) in [5, 5.41) is 21.5. The molecule has 0 aliphatic heterocycles. The minimum absolute atomic E-state index is 0.232. The van der Waals surface area contributed by atoms with Crippen LogP contribution in [0.25, 0.3) is 21.2 Å². The summed E-state index contributed by atoms with van der Waals surface area (Å²) in [6.07, 6.45) is 0. The smallest absolute Gasteiger partial charge is 0.322 e. The zero-order valence-corrected chi connectivity index (χ0v) is 15.8. The molecule has 0 unspecified atom stereocenters. The standard InChI is InChI=1S/C18H11Cl2NO5S/c19-10-3-9(4-11(20)6-10)8-1-2-12-13(5-8)27-18(26)15(16(12)24)17(25)21-7-14(22)23/h1-6,26H,7H2,(H,21,25)(H,22,23). The Morgan fingerprint density at radius 2 is 1.70 bits per heavy atom. The van der Waals surface area contributed by atoms with Gasteiger partial charge in [0.05, 0.1) is 0 Å². The van der Waals surface area contributed by atoms with Crippen LogP contribution in [-0.4, -0.2) is 28.6 Å². The highest BCUT2D eigenvalue weighted by molar-refractivity contribution is 7.20. The van der Waals surface area contributed by atoms with E-state index in [9.17, 15) is 19.5 Å². The molecule has 0 radical (unpaired) electrons. The molecule has 9 heteroatoms. The summed E-state index contributed by atoms with van der Waals surface area (Å²) in [6, 6.07) is 9.91. The lowest BCUT2D eigenvalue weighted by atomic mass is 10.0. The predicted molar refractivity (Wildman–Crippen MR) is 105 cm³/mol. The number of nitrogens with one attached hydrogen (secondary N) is 1. The van der Waals surface area contributed by atoms with Gasteiger partial charge in [-0.05, 0) is 41.5 Å². The molecular formula is C18H11Cl2NO5S. The number of carboxylic acid groups (broad SMARTS) is 1. The Kier molecular flexibility index (Phi) is 5.36. The van der Waals surface area contributed by atoms with E-state index in [0.29, 0.717) is 14.7 Å². The fraction of sp³-hybridized carbons (Fsp3) is 0.0556. The molecule has 3 N–H and O–H groups in total. The van der Waals surface area contributed by atoms with Crippen LogP contribution in [-0.2, 0) is 4.79 Å². The quantitative estimate of drug-likeness (QED) is 0.592. The molecule has 2 aromatic carbocycles. The van der Waals surface area contributed by atoms with Gasteiger partial charge in [-0.1, -0.05) is 40.6 Å². The van der Waals surface area contributed by atoms with Crippen LogP contribution >= 0.6 is 34.5 Å². The van der Waals surface area contributed by atoms with Crippen molar-refractivity contribution in [3.05, 3.63) is 62.2 Å². The van der Waals surface area contributed by atoms with E-state index in [-0.39, 0.29) is 5.39 Å². The van der Waals surface area contributed by atoms with Crippen molar-refractivity contribution in [3.63, 3.8) is 0 Å². The Hall–Kier alpha value is -2.61. The van der Waals surface area contributed by atoms with E-state index in [4.69, 9.17) is 28.3 Å². The molecular weight excluding hydrogens is 413 g/mol. The molecule has 0 spiro atoms. The first-order valence-corrected chi connectivity index (χ1v) is 9.10. The third kappa shape index (κ3) is 4.05. The highest BCUT2D eigenvalue weighted by atomic mass is 35.5. The number of carbonyl (C=O) groups excluding carboxylic acids is 1. The van der Waals surface area contributed by atoms with Gasteiger partial charge in [0.15, 0.2) is 5.06 Å². The first-order chi connectivity index (χ1) is 12.8. The number of rotatable bonds is 4. The second-order valence-corrected chi connectivity index (χ2v) is 7.46. The lowest BCUT2D eigenvalue weighted by molar-refractivity contribution is -0.135. The van der Waals surface area contributed by atoms with E-state index >= 15 is 0 Å². The maximum Gasteiger partial charge on any atom is 0.322 e. The fourth-order valence-corrected chi connectivity index (χ4v) is 4.00. The minimum atomic E-state index is -1.26. The van der Waals surface area contributed by atoms with E-state index in [2.05, 4.69) is 5.32 Å². The topological polar surface area (TPSA) is 104 Å². The van der Waals surface area contributed by atoms with Crippen LogP contribution in [0, 0.1) is 0 Å². The van der Waals surface area contributed by atoms with Crippen LogP contribution in [0.5, 0.6) is 5.06 Å². The average molecular weight is 424 g/mol. The third-order valence-electron chi connectivity index (χ3n) is 3.70. The van der Waals surface area contributed by atoms with E-state index in [1.165, 1.54) is 6.07 Å². The Morgan fingerprint density at radius 1 is 1.04 bits per heavy atom. The molecule has 0 atom stereocenters. The molecule has 6 nitrogen and oxygen atoms in total. The monoisotopic (exact) mass is 423 g/mol. The summed E-state index contributed by atoms with van der Waals surface area (Å²) in [7, 11) is 0. The SMILES string of the molecule is O=C(O)CNC(=O)c1c(O)sc2cc(-c3cc(Cl)cc(Cl)c3)ccc2c1=O. The highest BCUT2D eigenvalue weighted by Crippen LogP contribution is 2.33. The number of aromatic hydroxyl groups is 1. The molecule has 138 valence electrons. The normalized spacial score (nSPS) is 10.7. The van der Waals surface area contributed by atoms with E-state index in [0.717, 1.165) is 22.5 Å². The van der Waals surface area contributed by atoms with Crippen molar-refractivity contribution < 1.29 is 19.8 Å². The molecule has 1 heterocycles. The molecule has 0 aliphatic carbocycles. The lowest BCUT2D eigenvalue weighted by Gasteiger charge is -2.08. The number of hydrogen-bond acceptors (Lipinski definition) is 5. The Labute approximate surface area is 166 Å². The van der Waals surface area contributed by atoms with Crippen LogP contribution in [0.15, 0.2) is 41.2 Å². The molecule has 3 rings (SSSR count). The third-order valence-corrected chi connectivity index (χ3v) is 5.09. The Morgan fingerprint density at radius 3 is 2.33 bits per heavy atom. The number of benzene rings is 2. The Balaban J connectivity index is 2.09. The van der Waals surface area contributed by atoms with Crippen molar-refractivity contribution in [3.8, 4) is 16.2 Å². The van der Waals surface area contributed by atoms with E-state index < -0.39 is 34.5 Å². The summed E-state index contributed by atoms with van der Waals surface area (Å²) in [5.74, 6) is -2.20. The van der Waals surface area contributed by atoms with Crippen molar-refractivity contribution in [2.75, 3.05) is 6.54 Å². The Bertz CT molecular complexity index is 1120. The first-order valence-electron chi connectivity index (χ1n) is 7.52. The summed E-state index contributed by atoms with van der Waals surface area (Å²) in [5.41, 5.74) is 0.300. The van der Waals surface area contributed by atoms with Crippen molar-refractivity contribution in [1.82, 2.24) is 5.32 Å². The summed E-state index contributed by atoms with van der Waals surface area (Å²) < 4.78 is 0.459. The van der Waals surface area contributed by atoms with Gasteiger partial charge in [-0.25, -0.2) is 0 Å². The summed E-state index contributed by atoms with van der Waals surface area (Å²) >= 11 is 12.9. The number of carboxylic acids is 1. The molecule has 1 aromatic heterocycles. The molecule has 0 saturated carbocycles. The van der Waals surface area contributed by atoms with Crippen molar-refractivity contribution in [1.29, 1.82) is 0 Å². The van der Waals surface area contributed by atoms with Crippen LogP contribution in [0.2, 0.25) is 10.0 Å². The number of halogens is 2. The van der Waals surface area contributed by atoms with Crippen molar-refractivity contribution in [2.45, 2.75) is 0 Å². The fourth-order valence-electron chi connectivity index (χ4n) is 2.53. The van der Waals surface area contributed by atoms with Gasteiger partial charge in [0.2, 0.25) is 5.43 Å². The zero-order valence-electron chi connectivity index (χ0n) is 13.5. The van der Waals surface area contributed by atoms with Crippen LogP contribution < -0.4 is 10.7 Å². The number of hydrogen-bond donors (Lipinski definition) is 3. The van der Waals surface area contributed by atoms with E-state index in [1.807, 2.05) is 0 Å².